The maximum Gasteiger partial charge on any atom is 0.0769 e. The van der Waals surface area contributed by atoms with Gasteiger partial charge in [-0.05, 0) is 24.6 Å². The normalized spacial score (nSPS) is 13.1. The van der Waals surface area contributed by atoms with Gasteiger partial charge in [0.25, 0.3) is 0 Å². The molecule has 1 aromatic carbocycles. The van der Waals surface area contributed by atoms with Gasteiger partial charge in [0.15, 0.2) is 0 Å². The molecule has 0 saturated heterocycles. The lowest BCUT2D eigenvalue weighted by molar-refractivity contribution is 0.201. The van der Waals surface area contributed by atoms with E-state index in [1.165, 1.54) is 0 Å². The molecular weight excluding hydrogens is 233 g/mol. The van der Waals surface area contributed by atoms with Gasteiger partial charge in [-0.3, -0.25) is 4.98 Å². The second-order valence-electron chi connectivity index (χ2n) is 3.36. The summed E-state index contributed by atoms with van der Waals surface area (Å²) < 4.78 is 0. The number of aliphatic hydroxyl groups excluding tert-OH is 1. The summed E-state index contributed by atoms with van der Waals surface area (Å²) in [5.41, 5.74) is 0.743. The van der Waals surface area contributed by atoms with Crippen molar-refractivity contribution in [3.05, 3.63) is 40.1 Å². The lowest BCUT2D eigenvalue weighted by Gasteiger charge is -2.11. The summed E-state index contributed by atoms with van der Waals surface area (Å²) in [6, 6.07) is 3.47. The van der Waals surface area contributed by atoms with E-state index in [0.29, 0.717) is 10.0 Å². The minimum absolute atomic E-state index is 0.450. The Labute approximate surface area is 97.5 Å². The Morgan fingerprint density at radius 2 is 2.07 bits per heavy atom. The Bertz CT molecular complexity index is 511. The smallest absolute Gasteiger partial charge is 0.0769 e. The molecule has 0 aliphatic heterocycles. The third-order valence-corrected chi connectivity index (χ3v) is 3.11. The first kappa shape index (κ1) is 10.7. The molecule has 1 aromatic heterocycles. The maximum atomic E-state index is 9.61. The van der Waals surface area contributed by atoms with E-state index in [0.717, 1.165) is 16.3 Å². The molecule has 1 heterocycles. The predicted molar refractivity (Wildman–Crippen MR) is 62.4 cm³/mol. The average molecular weight is 242 g/mol. The number of aromatic nitrogens is 1. The third-order valence-electron chi connectivity index (χ3n) is 2.31. The van der Waals surface area contributed by atoms with Gasteiger partial charge in [0.2, 0.25) is 0 Å². The number of halogens is 2. The van der Waals surface area contributed by atoms with Crippen LogP contribution in [0.1, 0.15) is 18.6 Å². The quantitative estimate of drug-likeness (QED) is 0.828. The van der Waals surface area contributed by atoms with Crippen LogP contribution in [-0.2, 0) is 0 Å². The van der Waals surface area contributed by atoms with Crippen molar-refractivity contribution in [2.24, 2.45) is 0 Å². The molecule has 0 radical (unpaired) electrons. The number of nitrogens with zero attached hydrogens (tertiary/aromatic N) is 1. The van der Waals surface area contributed by atoms with E-state index >= 15 is 0 Å². The molecule has 1 unspecified atom stereocenters. The van der Waals surface area contributed by atoms with Gasteiger partial charge in [0.1, 0.15) is 0 Å². The zero-order valence-electron chi connectivity index (χ0n) is 8.04. The first-order chi connectivity index (χ1) is 7.11. The van der Waals surface area contributed by atoms with E-state index in [1.54, 1.807) is 31.5 Å². The van der Waals surface area contributed by atoms with Crippen LogP contribution < -0.4 is 0 Å². The summed E-state index contributed by atoms with van der Waals surface area (Å²) in [5, 5.41) is 12.2. The van der Waals surface area contributed by atoms with Gasteiger partial charge in [0, 0.05) is 23.2 Å². The van der Waals surface area contributed by atoms with E-state index < -0.39 is 6.10 Å². The molecule has 0 aliphatic carbocycles. The van der Waals surface area contributed by atoms with Crippen molar-refractivity contribution in [2.45, 2.75) is 13.0 Å². The van der Waals surface area contributed by atoms with Crippen molar-refractivity contribution in [2.75, 3.05) is 0 Å². The number of fused-ring (bicyclic) bond motifs is 1. The summed E-state index contributed by atoms with van der Waals surface area (Å²) >= 11 is 12.0. The molecule has 15 heavy (non-hydrogen) atoms. The second kappa shape index (κ2) is 3.97. The molecule has 4 heteroatoms. The van der Waals surface area contributed by atoms with Gasteiger partial charge >= 0.3 is 0 Å². The van der Waals surface area contributed by atoms with Crippen molar-refractivity contribution in [1.29, 1.82) is 0 Å². The van der Waals surface area contributed by atoms with E-state index in [2.05, 4.69) is 4.98 Å². The van der Waals surface area contributed by atoms with Crippen molar-refractivity contribution in [3.63, 3.8) is 0 Å². The molecule has 2 nitrogen and oxygen atoms in total. The van der Waals surface area contributed by atoms with Crippen LogP contribution in [0.4, 0.5) is 0 Å². The lowest BCUT2D eigenvalue weighted by Crippen LogP contribution is -1.94. The van der Waals surface area contributed by atoms with Gasteiger partial charge in [-0.25, -0.2) is 0 Å². The van der Waals surface area contributed by atoms with Gasteiger partial charge in [-0.15, -0.1) is 0 Å². The van der Waals surface area contributed by atoms with Crippen LogP contribution in [0.5, 0.6) is 0 Å². The van der Waals surface area contributed by atoms with Crippen LogP contribution in [0.25, 0.3) is 10.8 Å². The van der Waals surface area contributed by atoms with Crippen LogP contribution in [-0.4, -0.2) is 10.1 Å². The summed E-state index contributed by atoms with van der Waals surface area (Å²) in [6.45, 7) is 1.69. The first-order valence-electron chi connectivity index (χ1n) is 4.51. The zero-order valence-corrected chi connectivity index (χ0v) is 9.55. The fraction of sp³-hybridized carbons (Fsp3) is 0.182. The molecular formula is C11H9Cl2NO. The van der Waals surface area contributed by atoms with E-state index in [-0.39, 0.29) is 0 Å². The van der Waals surface area contributed by atoms with Crippen molar-refractivity contribution in [3.8, 4) is 0 Å². The van der Waals surface area contributed by atoms with E-state index in [4.69, 9.17) is 23.2 Å². The molecule has 0 fully saturated rings. The molecule has 0 saturated carbocycles. The fourth-order valence-corrected chi connectivity index (χ4v) is 2.01. The highest BCUT2D eigenvalue weighted by atomic mass is 35.5. The van der Waals surface area contributed by atoms with Crippen LogP contribution in [0.3, 0.4) is 0 Å². The van der Waals surface area contributed by atoms with Crippen molar-refractivity contribution < 1.29 is 5.11 Å². The average Bonchev–Trinajstić information content (AvgIpc) is 2.23. The number of hydrogen-bond acceptors (Lipinski definition) is 2. The topological polar surface area (TPSA) is 33.1 Å². The molecule has 2 aromatic rings. The largest absolute Gasteiger partial charge is 0.389 e. The predicted octanol–water partition coefficient (Wildman–Crippen LogP) is 3.59. The maximum absolute atomic E-state index is 9.61. The van der Waals surface area contributed by atoms with Crippen LogP contribution in [0.2, 0.25) is 10.0 Å². The Morgan fingerprint density at radius 1 is 1.33 bits per heavy atom. The van der Waals surface area contributed by atoms with Crippen LogP contribution in [0.15, 0.2) is 24.5 Å². The number of rotatable bonds is 1. The molecule has 0 bridgehead atoms. The first-order valence-corrected chi connectivity index (χ1v) is 5.26. The minimum Gasteiger partial charge on any atom is -0.389 e. The van der Waals surface area contributed by atoms with Crippen molar-refractivity contribution >= 4 is 34.0 Å². The number of aliphatic hydroxyl groups is 1. The molecule has 78 valence electrons. The van der Waals surface area contributed by atoms with Gasteiger partial charge in [-0.1, -0.05) is 23.2 Å². The molecule has 2 rings (SSSR count). The molecule has 0 amide bonds. The summed E-state index contributed by atoms with van der Waals surface area (Å²) in [5.74, 6) is 0. The Balaban J connectivity index is 2.88. The summed E-state index contributed by atoms with van der Waals surface area (Å²) in [4.78, 5) is 4.01. The summed E-state index contributed by atoms with van der Waals surface area (Å²) in [6.07, 6.45) is 2.74. The monoisotopic (exact) mass is 241 g/mol. The molecule has 1 N–H and O–H groups in total. The van der Waals surface area contributed by atoms with Gasteiger partial charge in [-0.2, -0.15) is 0 Å². The van der Waals surface area contributed by atoms with Gasteiger partial charge in [0.05, 0.1) is 16.1 Å². The summed E-state index contributed by atoms with van der Waals surface area (Å²) in [7, 11) is 0. The standard InChI is InChI=1S/C11H9Cl2NO/c1-6(15)8-4-10(12)11(13)7-2-3-14-5-9(7)8/h2-6,15H,1H3. The van der Waals surface area contributed by atoms with Gasteiger partial charge < -0.3 is 5.11 Å². The van der Waals surface area contributed by atoms with Crippen LogP contribution >= 0.6 is 23.2 Å². The molecule has 1 atom stereocenters. The van der Waals surface area contributed by atoms with E-state index in [9.17, 15) is 5.11 Å². The second-order valence-corrected chi connectivity index (χ2v) is 4.14. The lowest BCUT2D eigenvalue weighted by atomic mass is 10.0. The number of pyridine rings is 1. The molecule has 0 spiro atoms. The van der Waals surface area contributed by atoms with Crippen LogP contribution in [0, 0.1) is 0 Å². The SMILES string of the molecule is CC(O)c1cc(Cl)c(Cl)c2ccncc12. The number of benzene rings is 1. The fourth-order valence-electron chi connectivity index (χ4n) is 1.57. The van der Waals surface area contributed by atoms with E-state index in [1.807, 2.05) is 0 Å². The highest BCUT2D eigenvalue weighted by Gasteiger charge is 2.12. The Morgan fingerprint density at radius 3 is 2.73 bits per heavy atom. The highest BCUT2D eigenvalue weighted by molar-refractivity contribution is 6.45. The third kappa shape index (κ3) is 1.81. The minimum atomic E-state index is -0.591. The van der Waals surface area contributed by atoms with Crippen molar-refractivity contribution in [1.82, 2.24) is 4.98 Å². The Kier molecular flexibility index (Phi) is 2.83. The number of hydrogen-bond donors (Lipinski definition) is 1. The highest BCUT2D eigenvalue weighted by Crippen LogP contribution is 2.35. The zero-order chi connectivity index (χ0) is 11.0. The Hall–Kier alpha value is -0.830. The molecule has 0 aliphatic rings.